The standard InChI is InChI=1S/C9H8N4S/c1-5-3-14-8-7(5)10-4-13-6(2)11-12-9(8)13/h3-4H,1-2H3. The van der Waals surface area contributed by atoms with Crippen LogP contribution in [0.5, 0.6) is 0 Å². The molecule has 0 bridgehead atoms. The first-order chi connectivity index (χ1) is 6.77. The summed E-state index contributed by atoms with van der Waals surface area (Å²) < 4.78 is 3.03. The number of thiophene rings is 1. The molecule has 14 heavy (non-hydrogen) atoms. The van der Waals surface area contributed by atoms with Crippen molar-refractivity contribution in [2.75, 3.05) is 0 Å². The zero-order chi connectivity index (χ0) is 9.71. The fourth-order valence-corrected chi connectivity index (χ4v) is 2.51. The van der Waals surface area contributed by atoms with Gasteiger partial charge in [-0.3, -0.25) is 4.40 Å². The van der Waals surface area contributed by atoms with Crippen molar-refractivity contribution in [3.8, 4) is 0 Å². The summed E-state index contributed by atoms with van der Waals surface area (Å²) >= 11 is 1.67. The Morgan fingerprint density at radius 2 is 2.14 bits per heavy atom. The summed E-state index contributed by atoms with van der Waals surface area (Å²) in [7, 11) is 0. The second-order valence-corrected chi connectivity index (χ2v) is 4.16. The lowest BCUT2D eigenvalue weighted by Crippen LogP contribution is -1.89. The van der Waals surface area contributed by atoms with Gasteiger partial charge in [-0.05, 0) is 24.8 Å². The monoisotopic (exact) mass is 204 g/mol. The maximum Gasteiger partial charge on any atom is 0.181 e. The molecule has 0 atom stereocenters. The largest absolute Gasteiger partial charge is 0.268 e. The molecule has 0 saturated carbocycles. The van der Waals surface area contributed by atoms with Crippen molar-refractivity contribution in [2.24, 2.45) is 0 Å². The number of hydrogen-bond acceptors (Lipinski definition) is 4. The number of fused-ring (bicyclic) bond motifs is 3. The number of rotatable bonds is 0. The van der Waals surface area contributed by atoms with Crippen LogP contribution in [0.25, 0.3) is 15.9 Å². The molecule has 0 aliphatic rings. The Hall–Kier alpha value is -1.49. The Balaban J connectivity index is 2.62. The SMILES string of the molecule is Cc1csc2c1ncn1c(C)nnc21. The third kappa shape index (κ3) is 0.846. The van der Waals surface area contributed by atoms with Crippen LogP contribution in [0.2, 0.25) is 0 Å². The van der Waals surface area contributed by atoms with Gasteiger partial charge in [0.25, 0.3) is 0 Å². The Labute approximate surface area is 84.2 Å². The van der Waals surface area contributed by atoms with E-state index >= 15 is 0 Å². The average molecular weight is 204 g/mol. The molecule has 0 spiro atoms. The van der Waals surface area contributed by atoms with E-state index in [4.69, 9.17) is 0 Å². The minimum atomic E-state index is 0.875. The predicted molar refractivity (Wildman–Crippen MR) is 55.6 cm³/mol. The average Bonchev–Trinajstić information content (AvgIpc) is 2.72. The van der Waals surface area contributed by atoms with Crippen molar-refractivity contribution in [1.29, 1.82) is 0 Å². The third-order valence-corrected chi connectivity index (χ3v) is 3.40. The molecule has 5 heteroatoms. The van der Waals surface area contributed by atoms with Crippen LogP contribution >= 0.6 is 11.3 Å². The van der Waals surface area contributed by atoms with Gasteiger partial charge >= 0.3 is 0 Å². The zero-order valence-corrected chi connectivity index (χ0v) is 8.67. The highest BCUT2D eigenvalue weighted by molar-refractivity contribution is 7.18. The van der Waals surface area contributed by atoms with E-state index < -0.39 is 0 Å². The van der Waals surface area contributed by atoms with E-state index in [0.717, 1.165) is 21.7 Å². The highest BCUT2D eigenvalue weighted by atomic mass is 32.1. The molecule has 3 rings (SSSR count). The Morgan fingerprint density at radius 1 is 1.29 bits per heavy atom. The molecule has 0 N–H and O–H groups in total. The van der Waals surface area contributed by atoms with Gasteiger partial charge in [-0.1, -0.05) is 0 Å². The molecule has 0 aliphatic heterocycles. The Bertz CT molecular complexity index is 567. The summed E-state index contributed by atoms with van der Waals surface area (Å²) in [6.07, 6.45) is 1.78. The fourth-order valence-electron chi connectivity index (χ4n) is 1.53. The van der Waals surface area contributed by atoms with Crippen LogP contribution in [0.3, 0.4) is 0 Å². The molecule has 3 aromatic rings. The van der Waals surface area contributed by atoms with Gasteiger partial charge < -0.3 is 0 Å². The van der Waals surface area contributed by atoms with Gasteiger partial charge in [-0.25, -0.2) is 4.98 Å². The summed E-state index contributed by atoms with van der Waals surface area (Å²) in [6, 6.07) is 0. The van der Waals surface area contributed by atoms with E-state index in [0.29, 0.717) is 0 Å². The summed E-state index contributed by atoms with van der Waals surface area (Å²) in [5, 5.41) is 10.3. The molecule has 0 unspecified atom stereocenters. The van der Waals surface area contributed by atoms with E-state index in [1.807, 2.05) is 11.3 Å². The van der Waals surface area contributed by atoms with Crippen LogP contribution in [0.4, 0.5) is 0 Å². The van der Waals surface area contributed by atoms with Crippen LogP contribution in [-0.2, 0) is 0 Å². The molecule has 0 saturated heterocycles. The molecule has 3 aromatic heterocycles. The summed E-state index contributed by atoms with van der Waals surface area (Å²) in [5.41, 5.74) is 3.15. The summed E-state index contributed by atoms with van der Waals surface area (Å²) in [5.74, 6) is 0.875. The molecule has 0 aromatic carbocycles. The van der Waals surface area contributed by atoms with E-state index in [9.17, 15) is 0 Å². The molecule has 0 fully saturated rings. The van der Waals surface area contributed by atoms with Crippen molar-refractivity contribution < 1.29 is 0 Å². The van der Waals surface area contributed by atoms with Crippen LogP contribution in [0.1, 0.15) is 11.4 Å². The van der Waals surface area contributed by atoms with Crippen LogP contribution < -0.4 is 0 Å². The van der Waals surface area contributed by atoms with E-state index in [-0.39, 0.29) is 0 Å². The van der Waals surface area contributed by atoms with Gasteiger partial charge in [0.15, 0.2) is 5.65 Å². The van der Waals surface area contributed by atoms with Crippen LogP contribution in [-0.4, -0.2) is 19.6 Å². The van der Waals surface area contributed by atoms with Crippen molar-refractivity contribution in [3.05, 3.63) is 23.1 Å². The molecule has 4 nitrogen and oxygen atoms in total. The Kier molecular flexibility index (Phi) is 1.41. The first-order valence-electron chi connectivity index (χ1n) is 4.31. The van der Waals surface area contributed by atoms with E-state index in [2.05, 4.69) is 27.5 Å². The first-order valence-corrected chi connectivity index (χ1v) is 5.19. The second-order valence-electron chi connectivity index (χ2n) is 3.28. The smallest absolute Gasteiger partial charge is 0.181 e. The lowest BCUT2D eigenvalue weighted by molar-refractivity contribution is 0.989. The van der Waals surface area contributed by atoms with Crippen molar-refractivity contribution in [2.45, 2.75) is 13.8 Å². The fraction of sp³-hybridized carbons (Fsp3) is 0.222. The third-order valence-electron chi connectivity index (χ3n) is 2.31. The van der Waals surface area contributed by atoms with E-state index in [1.54, 1.807) is 17.7 Å². The van der Waals surface area contributed by atoms with Crippen LogP contribution in [0, 0.1) is 13.8 Å². The zero-order valence-electron chi connectivity index (χ0n) is 7.85. The van der Waals surface area contributed by atoms with Gasteiger partial charge in [-0.2, -0.15) is 0 Å². The summed E-state index contributed by atoms with van der Waals surface area (Å²) in [4.78, 5) is 4.40. The predicted octanol–water partition coefficient (Wildman–Crippen LogP) is 1.96. The van der Waals surface area contributed by atoms with Gasteiger partial charge in [0, 0.05) is 0 Å². The van der Waals surface area contributed by atoms with Gasteiger partial charge in [0.2, 0.25) is 0 Å². The maximum atomic E-state index is 4.40. The highest BCUT2D eigenvalue weighted by Crippen LogP contribution is 2.26. The molecule has 0 aliphatic carbocycles. The number of hydrogen-bond donors (Lipinski definition) is 0. The van der Waals surface area contributed by atoms with Gasteiger partial charge in [0.05, 0.1) is 10.2 Å². The molecular formula is C9H8N4S. The van der Waals surface area contributed by atoms with Crippen molar-refractivity contribution >= 4 is 27.2 Å². The normalized spacial score (nSPS) is 11.6. The van der Waals surface area contributed by atoms with Gasteiger partial charge in [0.1, 0.15) is 12.2 Å². The van der Waals surface area contributed by atoms with E-state index in [1.165, 1.54) is 5.56 Å². The highest BCUT2D eigenvalue weighted by Gasteiger charge is 2.09. The number of nitrogens with zero attached hydrogens (tertiary/aromatic N) is 4. The van der Waals surface area contributed by atoms with Crippen molar-refractivity contribution in [3.63, 3.8) is 0 Å². The lowest BCUT2D eigenvalue weighted by atomic mass is 10.3. The lowest BCUT2D eigenvalue weighted by Gasteiger charge is -1.94. The Morgan fingerprint density at radius 3 is 3.00 bits per heavy atom. The van der Waals surface area contributed by atoms with Crippen molar-refractivity contribution in [1.82, 2.24) is 19.6 Å². The van der Waals surface area contributed by atoms with Crippen LogP contribution in [0.15, 0.2) is 11.7 Å². The molecule has 3 heterocycles. The quantitative estimate of drug-likeness (QED) is 0.562. The molecular weight excluding hydrogens is 196 g/mol. The minimum absolute atomic E-state index is 0.875. The minimum Gasteiger partial charge on any atom is -0.268 e. The second kappa shape index (κ2) is 2.51. The molecule has 0 radical (unpaired) electrons. The maximum absolute atomic E-state index is 4.40. The number of aryl methyl sites for hydroxylation is 2. The molecule has 70 valence electrons. The first kappa shape index (κ1) is 7.87. The summed E-state index contributed by atoms with van der Waals surface area (Å²) in [6.45, 7) is 3.99. The van der Waals surface area contributed by atoms with Gasteiger partial charge in [-0.15, -0.1) is 21.5 Å². The molecule has 0 amide bonds. The number of aromatic nitrogens is 4. The topological polar surface area (TPSA) is 43.1 Å².